The first-order valence-corrected chi connectivity index (χ1v) is 31.5. The van der Waals surface area contributed by atoms with E-state index in [4.69, 9.17) is 14.2 Å². The van der Waals surface area contributed by atoms with E-state index in [1.54, 1.807) is 0 Å². The van der Waals surface area contributed by atoms with Crippen molar-refractivity contribution in [1.82, 2.24) is 0 Å². The van der Waals surface area contributed by atoms with Crippen LogP contribution in [0.1, 0.15) is 342 Å². The molecule has 0 bridgehead atoms. The molecule has 0 saturated heterocycles. The fourth-order valence-corrected chi connectivity index (χ4v) is 9.35. The maximum atomic E-state index is 12.9. The Morgan fingerprint density at radius 3 is 0.817 bits per heavy atom. The second kappa shape index (κ2) is 60.2. The van der Waals surface area contributed by atoms with Crippen LogP contribution in [0.3, 0.4) is 0 Å². The minimum atomic E-state index is -0.773. The Balaban J connectivity index is 4.31. The van der Waals surface area contributed by atoms with Crippen molar-refractivity contribution in [3.05, 3.63) is 36.5 Å². The topological polar surface area (TPSA) is 78.9 Å². The summed E-state index contributed by atoms with van der Waals surface area (Å²) < 4.78 is 16.9. The summed E-state index contributed by atoms with van der Waals surface area (Å²) in [5, 5.41) is 0. The Labute approximate surface area is 442 Å². The lowest BCUT2D eigenvalue weighted by Gasteiger charge is -2.18. The Kier molecular flexibility index (Phi) is 58.2. The third kappa shape index (κ3) is 58.4. The number of rotatable bonds is 58. The van der Waals surface area contributed by atoms with Crippen LogP contribution in [-0.2, 0) is 28.6 Å². The Morgan fingerprint density at radius 2 is 0.507 bits per heavy atom. The minimum absolute atomic E-state index is 0.0708. The maximum absolute atomic E-state index is 12.9. The van der Waals surface area contributed by atoms with Crippen LogP contribution >= 0.6 is 0 Å². The highest BCUT2D eigenvalue weighted by molar-refractivity contribution is 5.71. The number of unbranched alkanes of at least 4 members (excludes halogenated alkanes) is 41. The molecule has 0 aliphatic carbocycles. The van der Waals surface area contributed by atoms with Gasteiger partial charge in [-0.2, -0.15) is 0 Å². The van der Waals surface area contributed by atoms with Gasteiger partial charge in [0.15, 0.2) is 6.10 Å². The lowest BCUT2D eigenvalue weighted by Crippen LogP contribution is -2.30. The molecule has 0 N–H and O–H groups in total. The number of esters is 3. The van der Waals surface area contributed by atoms with Gasteiger partial charge in [0.25, 0.3) is 0 Å². The molecule has 0 radical (unpaired) electrons. The molecule has 0 amide bonds. The predicted molar refractivity (Wildman–Crippen MR) is 307 cm³/mol. The first-order chi connectivity index (χ1) is 35.0. The lowest BCUT2D eigenvalue weighted by atomic mass is 10.0. The molecular formula is C65H120O6. The third-order valence-corrected chi connectivity index (χ3v) is 14.1. The zero-order valence-corrected chi connectivity index (χ0v) is 47.8. The van der Waals surface area contributed by atoms with Crippen LogP contribution in [0.15, 0.2) is 36.5 Å². The van der Waals surface area contributed by atoms with Crippen molar-refractivity contribution in [2.45, 2.75) is 348 Å². The van der Waals surface area contributed by atoms with E-state index in [9.17, 15) is 14.4 Å². The van der Waals surface area contributed by atoms with E-state index in [1.807, 2.05) is 0 Å². The summed E-state index contributed by atoms with van der Waals surface area (Å²) >= 11 is 0. The second-order valence-electron chi connectivity index (χ2n) is 21.3. The van der Waals surface area contributed by atoms with Gasteiger partial charge in [-0.1, -0.05) is 282 Å². The molecule has 71 heavy (non-hydrogen) atoms. The number of hydrogen-bond acceptors (Lipinski definition) is 6. The number of carbonyl (C=O) groups excluding carboxylic acids is 3. The molecule has 0 aromatic rings. The minimum Gasteiger partial charge on any atom is -0.462 e. The molecule has 6 nitrogen and oxygen atoms in total. The van der Waals surface area contributed by atoms with E-state index in [2.05, 4.69) is 57.2 Å². The van der Waals surface area contributed by atoms with E-state index in [1.165, 1.54) is 231 Å². The smallest absolute Gasteiger partial charge is 0.306 e. The molecule has 0 aromatic heterocycles. The van der Waals surface area contributed by atoms with Crippen molar-refractivity contribution >= 4 is 17.9 Å². The van der Waals surface area contributed by atoms with Gasteiger partial charge in [-0.25, -0.2) is 0 Å². The molecule has 0 aromatic carbocycles. The van der Waals surface area contributed by atoms with Crippen LogP contribution in [0.5, 0.6) is 0 Å². The molecule has 0 spiro atoms. The average molecular weight is 998 g/mol. The van der Waals surface area contributed by atoms with Gasteiger partial charge < -0.3 is 14.2 Å². The Morgan fingerprint density at radius 1 is 0.282 bits per heavy atom. The lowest BCUT2D eigenvalue weighted by molar-refractivity contribution is -0.167. The van der Waals surface area contributed by atoms with Crippen LogP contribution in [0.4, 0.5) is 0 Å². The van der Waals surface area contributed by atoms with Gasteiger partial charge in [0.2, 0.25) is 0 Å². The molecule has 0 rings (SSSR count). The van der Waals surface area contributed by atoms with Crippen molar-refractivity contribution in [2.75, 3.05) is 13.2 Å². The van der Waals surface area contributed by atoms with Gasteiger partial charge in [-0.15, -0.1) is 0 Å². The van der Waals surface area contributed by atoms with Gasteiger partial charge in [0.05, 0.1) is 0 Å². The number of carbonyl (C=O) groups is 3. The summed E-state index contributed by atoms with van der Waals surface area (Å²) in [6.45, 7) is 6.66. The molecule has 0 saturated carbocycles. The van der Waals surface area contributed by atoms with Crippen LogP contribution in [0.2, 0.25) is 0 Å². The highest BCUT2D eigenvalue weighted by atomic mass is 16.6. The maximum Gasteiger partial charge on any atom is 0.306 e. The summed E-state index contributed by atoms with van der Waals surface area (Å²) in [5.41, 5.74) is 0. The highest BCUT2D eigenvalue weighted by Gasteiger charge is 2.19. The molecule has 0 heterocycles. The average Bonchev–Trinajstić information content (AvgIpc) is 3.37. The fraction of sp³-hybridized carbons (Fsp3) is 0.862. The molecule has 416 valence electrons. The van der Waals surface area contributed by atoms with Crippen molar-refractivity contribution in [1.29, 1.82) is 0 Å². The Bertz CT molecular complexity index is 1190. The summed E-state index contributed by atoms with van der Waals surface area (Å²) in [4.78, 5) is 38.3. The highest BCUT2D eigenvalue weighted by Crippen LogP contribution is 2.17. The normalized spacial score (nSPS) is 12.2. The second-order valence-corrected chi connectivity index (χ2v) is 21.3. The molecule has 6 heteroatoms. The first-order valence-electron chi connectivity index (χ1n) is 31.5. The van der Waals surface area contributed by atoms with Crippen LogP contribution in [-0.4, -0.2) is 37.2 Å². The number of ether oxygens (including phenoxy) is 3. The predicted octanol–water partition coefficient (Wildman–Crippen LogP) is 21.2. The summed E-state index contributed by atoms with van der Waals surface area (Å²) in [6, 6.07) is 0. The van der Waals surface area contributed by atoms with Crippen LogP contribution < -0.4 is 0 Å². The zero-order chi connectivity index (χ0) is 51.4. The van der Waals surface area contributed by atoms with E-state index >= 15 is 0 Å². The summed E-state index contributed by atoms with van der Waals surface area (Å²) in [7, 11) is 0. The zero-order valence-electron chi connectivity index (χ0n) is 47.8. The van der Waals surface area contributed by atoms with Crippen LogP contribution in [0.25, 0.3) is 0 Å². The van der Waals surface area contributed by atoms with Gasteiger partial charge in [0, 0.05) is 19.3 Å². The first kappa shape index (κ1) is 68.6. The fourth-order valence-electron chi connectivity index (χ4n) is 9.35. The van der Waals surface area contributed by atoms with Crippen molar-refractivity contribution in [3.63, 3.8) is 0 Å². The summed E-state index contributed by atoms with van der Waals surface area (Å²) in [6.07, 6.45) is 72.8. The monoisotopic (exact) mass is 997 g/mol. The van der Waals surface area contributed by atoms with E-state index in [0.717, 1.165) is 70.6 Å². The molecule has 0 unspecified atom stereocenters. The molecule has 0 aliphatic rings. The van der Waals surface area contributed by atoms with Crippen molar-refractivity contribution in [3.8, 4) is 0 Å². The number of allylic oxidation sites excluding steroid dienone is 6. The van der Waals surface area contributed by atoms with E-state index in [-0.39, 0.29) is 31.1 Å². The van der Waals surface area contributed by atoms with Gasteiger partial charge >= 0.3 is 17.9 Å². The summed E-state index contributed by atoms with van der Waals surface area (Å²) in [5.74, 6) is -0.856. The van der Waals surface area contributed by atoms with E-state index in [0.29, 0.717) is 19.3 Å². The van der Waals surface area contributed by atoms with Crippen molar-refractivity contribution in [2.24, 2.45) is 0 Å². The van der Waals surface area contributed by atoms with Crippen molar-refractivity contribution < 1.29 is 28.6 Å². The molecular weight excluding hydrogens is 877 g/mol. The standard InChI is InChI=1S/C65H120O6/c1-4-7-10-13-16-19-22-25-28-30-31-32-33-35-38-40-43-46-49-52-55-58-64(67)70-61-62(71-65(68)59-56-53-50-47-44-41-36-27-24-21-18-15-12-9-6-3)60-69-63(66)57-54-51-48-45-42-39-37-34-29-26-23-20-17-14-11-8-5-2/h17,20,25-26,28-29,62H,4-16,18-19,21-24,27,30-61H2,1-3H3/b20-17-,28-25-,29-26-/t62-/m1/s1. The SMILES string of the molecule is CCCCC/C=C\C/C=C\CCCCCCCCCC(=O)OC[C@H](COC(=O)CCCCCCCCCCCCC/C=C\CCCCCCCC)OC(=O)CCCCCCCCCCCCCCCCC. The van der Waals surface area contributed by atoms with Gasteiger partial charge in [-0.05, 0) is 77.0 Å². The van der Waals surface area contributed by atoms with E-state index < -0.39 is 6.10 Å². The number of hydrogen-bond donors (Lipinski definition) is 0. The molecule has 1 atom stereocenters. The van der Waals surface area contributed by atoms with Gasteiger partial charge in [0.1, 0.15) is 13.2 Å². The molecule has 0 aliphatic heterocycles. The third-order valence-electron chi connectivity index (χ3n) is 14.1. The van der Waals surface area contributed by atoms with Gasteiger partial charge in [-0.3, -0.25) is 14.4 Å². The van der Waals surface area contributed by atoms with Crippen LogP contribution in [0, 0.1) is 0 Å². The Hall–Kier alpha value is -2.37. The largest absolute Gasteiger partial charge is 0.462 e. The quantitative estimate of drug-likeness (QED) is 0.0261. The molecule has 0 fully saturated rings.